The van der Waals surface area contributed by atoms with Crippen molar-refractivity contribution < 1.29 is 22.4 Å². The van der Waals surface area contributed by atoms with Gasteiger partial charge in [0.2, 0.25) is 0 Å². The second-order valence-electron chi connectivity index (χ2n) is 6.40. The smallest absolute Gasteiger partial charge is 0.291 e. The molecule has 29 heavy (non-hydrogen) atoms. The largest absolute Gasteiger partial charge is 0.497 e. The molecule has 4 rings (SSSR count). The van der Waals surface area contributed by atoms with Crippen molar-refractivity contribution in [2.45, 2.75) is 11.3 Å². The molecule has 0 radical (unpaired) electrons. The maximum absolute atomic E-state index is 13.3. The number of fused-ring (bicyclic) bond motifs is 1. The van der Waals surface area contributed by atoms with Crippen molar-refractivity contribution in [1.29, 1.82) is 0 Å². The van der Waals surface area contributed by atoms with E-state index in [2.05, 4.69) is 21.2 Å². The predicted octanol–water partition coefficient (Wildman–Crippen LogP) is 4.05. The van der Waals surface area contributed by atoms with Crippen LogP contribution < -0.4 is 14.4 Å². The molecule has 2 heterocycles. The van der Waals surface area contributed by atoms with Gasteiger partial charge in [0, 0.05) is 11.0 Å². The standard InChI is InChI=1S/C20H17BrN2O5S/c1-27-15-4-6-16(7-5-15)29(25,26)23-9-8-13-11-14(21)12-17(19(13)23)22-20(24)18-3-2-10-28-18/h2-7,10-12H,8-9H2,1H3,(H,22,24). The first-order chi connectivity index (χ1) is 13.9. The fraction of sp³-hybridized carbons (Fsp3) is 0.150. The molecule has 150 valence electrons. The molecule has 2 aromatic carbocycles. The third-order valence-corrected chi connectivity index (χ3v) is 6.90. The molecule has 0 saturated heterocycles. The summed E-state index contributed by atoms with van der Waals surface area (Å²) in [6.07, 6.45) is 1.94. The quantitative estimate of drug-likeness (QED) is 0.599. The molecular weight excluding hydrogens is 460 g/mol. The van der Waals surface area contributed by atoms with E-state index in [-0.39, 0.29) is 17.2 Å². The maximum atomic E-state index is 13.3. The van der Waals surface area contributed by atoms with Gasteiger partial charge in [0.1, 0.15) is 5.75 Å². The van der Waals surface area contributed by atoms with E-state index >= 15 is 0 Å². The predicted molar refractivity (Wildman–Crippen MR) is 112 cm³/mol. The number of hydrogen-bond acceptors (Lipinski definition) is 5. The Kier molecular flexibility index (Phi) is 5.10. The van der Waals surface area contributed by atoms with Crippen LogP contribution in [0.4, 0.5) is 11.4 Å². The Labute approximate surface area is 176 Å². The van der Waals surface area contributed by atoms with E-state index in [4.69, 9.17) is 9.15 Å². The molecule has 0 unspecified atom stereocenters. The van der Waals surface area contributed by atoms with Gasteiger partial charge in [0.15, 0.2) is 5.76 Å². The second kappa shape index (κ2) is 7.57. The fourth-order valence-electron chi connectivity index (χ4n) is 3.28. The molecule has 0 fully saturated rings. The summed E-state index contributed by atoms with van der Waals surface area (Å²) in [5.74, 6) is 0.256. The molecule has 1 aromatic heterocycles. The number of hydrogen-bond donors (Lipinski definition) is 1. The lowest BCUT2D eigenvalue weighted by Gasteiger charge is -2.22. The number of amides is 1. The number of nitrogens with zero attached hydrogens (tertiary/aromatic N) is 1. The first kappa shape index (κ1) is 19.5. The number of halogens is 1. The van der Waals surface area contributed by atoms with Crippen LogP contribution in [0, 0.1) is 0 Å². The lowest BCUT2D eigenvalue weighted by Crippen LogP contribution is -2.30. The Balaban J connectivity index is 1.74. The summed E-state index contributed by atoms with van der Waals surface area (Å²) in [5.41, 5.74) is 1.68. The number of anilines is 2. The van der Waals surface area contributed by atoms with Crippen LogP contribution in [-0.2, 0) is 16.4 Å². The molecule has 3 aromatic rings. The summed E-state index contributed by atoms with van der Waals surface area (Å²) in [6.45, 7) is 0.282. The van der Waals surface area contributed by atoms with Crippen LogP contribution >= 0.6 is 15.9 Å². The SMILES string of the molecule is COc1ccc(S(=O)(=O)N2CCc3cc(Br)cc(NC(=O)c4ccco4)c32)cc1. The number of benzene rings is 2. The first-order valence-corrected chi connectivity index (χ1v) is 11.0. The van der Waals surface area contributed by atoms with Gasteiger partial charge in [-0.1, -0.05) is 15.9 Å². The topological polar surface area (TPSA) is 88.9 Å². The van der Waals surface area contributed by atoms with Crippen LogP contribution in [0.25, 0.3) is 0 Å². The lowest BCUT2D eigenvalue weighted by atomic mass is 10.1. The van der Waals surface area contributed by atoms with Crippen LogP contribution in [0.2, 0.25) is 0 Å². The van der Waals surface area contributed by atoms with Crippen molar-refractivity contribution in [3.63, 3.8) is 0 Å². The molecule has 1 aliphatic rings. The lowest BCUT2D eigenvalue weighted by molar-refractivity contribution is 0.0996. The van der Waals surface area contributed by atoms with Crippen LogP contribution in [0.3, 0.4) is 0 Å². The van der Waals surface area contributed by atoms with Crippen LogP contribution in [0.5, 0.6) is 5.75 Å². The summed E-state index contributed by atoms with van der Waals surface area (Å²) < 4.78 is 38.9. The van der Waals surface area contributed by atoms with Crippen molar-refractivity contribution in [1.82, 2.24) is 0 Å². The van der Waals surface area contributed by atoms with Crippen LogP contribution in [0.1, 0.15) is 16.1 Å². The summed E-state index contributed by atoms with van der Waals surface area (Å²) in [6, 6.07) is 12.9. The zero-order chi connectivity index (χ0) is 20.6. The van der Waals surface area contributed by atoms with E-state index < -0.39 is 15.9 Å². The Morgan fingerprint density at radius 2 is 1.97 bits per heavy atom. The zero-order valence-electron chi connectivity index (χ0n) is 15.4. The first-order valence-electron chi connectivity index (χ1n) is 8.74. The van der Waals surface area contributed by atoms with Crippen molar-refractivity contribution in [2.24, 2.45) is 0 Å². The molecule has 1 N–H and O–H groups in total. The van der Waals surface area contributed by atoms with Crippen molar-refractivity contribution in [3.8, 4) is 5.75 Å². The Morgan fingerprint density at radius 3 is 2.62 bits per heavy atom. The molecule has 9 heteroatoms. The normalized spacial score (nSPS) is 13.2. The Bertz CT molecular complexity index is 1160. The highest BCUT2D eigenvalue weighted by molar-refractivity contribution is 9.10. The van der Waals surface area contributed by atoms with E-state index in [0.717, 1.165) is 10.0 Å². The van der Waals surface area contributed by atoms with Gasteiger partial charge < -0.3 is 14.5 Å². The van der Waals surface area contributed by atoms with E-state index in [1.807, 2.05) is 6.07 Å². The van der Waals surface area contributed by atoms with Gasteiger partial charge in [0.05, 0.1) is 29.6 Å². The second-order valence-corrected chi connectivity index (χ2v) is 9.17. The van der Waals surface area contributed by atoms with Crippen molar-refractivity contribution >= 4 is 43.2 Å². The number of furan rings is 1. The van der Waals surface area contributed by atoms with E-state index in [1.54, 1.807) is 30.3 Å². The summed E-state index contributed by atoms with van der Waals surface area (Å²) >= 11 is 3.43. The van der Waals surface area contributed by atoms with Gasteiger partial charge >= 0.3 is 0 Å². The van der Waals surface area contributed by atoms with Crippen LogP contribution in [-0.4, -0.2) is 28.0 Å². The summed E-state index contributed by atoms with van der Waals surface area (Å²) in [4.78, 5) is 12.6. The molecule has 0 aliphatic carbocycles. The number of ether oxygens (including phenoxy) is 1. The van der Waals surface area contributed by atoms with E-state index in [9.17, 15) is 13.2 Å². The minimum absolute atomic E-state index is 0.140. The number of methoxy groups -OCH3 is 1. The number of carbonyl (C=O) groups excluding carboxylic acids is 1. The molecule has 1 aliphatic heterocycles. The molecule has 1 amide bonds. The van der Waals surface area contributed by atoms with Crippen LogP contribution in [0.15, 0.2) is 68.6 Å². The van der Waals surface area contributed by atoms with Gasteiger partial charge in [-0.2, -0.15) is 0 Å². The monoisotopic (exact) mass is 476 g/mol. The van der Waals surface area contributed by atoms with Gasteiger partial charge in [0.25, 0.3) is 15.9 Å². The van der Waals surface area contributed by atoms with Gasteiger partial charge in [-0.3, -0.25) is 9.10 Å². The summed E-state index contributed by atoms with van der Waals surface area (Å²) in [5, 5.41) is 2.77. The zero-order valence-corrected chi connectivity index (χ0v) is 17.8. The molecule has 0 saturated carbocycles. The third-order valence-electron chi connectivity index (χ3n) is 4.63. The van der Waals surface area contributed by atoms with E-state index in [0.29, 0.717) is 23.5 Å². The van der Waals surface area contributed by atoms with Gasteiger partial charge in [-0.15, -0.1) is 0 Å². The molecular formula is C20H17BrN2O5S. The third kappa shape index (κ3) is 3.63. The maximum Gasteiger partial charge on any atom is 0.291 e. The minimum Gasteiger partial charge on any atom is -0.497 e. The highest BCUT2D eigenvalue weighted by Gasteiger charge is 2.34. The average molecular weight is 477 g/mol. The number of sulfonamides is 1. The molecule has 0 atom stereocenters. The average Bonchev–Trinajstić information content (AvgIpc) is 3.38. The highest BCUT2D eigenvalue weighted by Crippen LogP contribution is 2.41. The van der Waals surface area contributed by atoms with Crippen molar-refractivity contribution in [3.05, 3.63) is 70.6 Å². The fourth-order valence-corrected chi connectivity index (χ4v) is 5.30. The molecule has 0 spiro atoms. The highest BCUT2D eigenvalue weighted by atomic mass is 79.9. The Hall–Kier alpha value is -2.78. The van der Waals surface area contributed by atoms with Crippen molar-refractivity contribution in [2.75, 3.05) is 23.3 Å². The summed E-state index contributed by atoms with van der Waals surface area (Å²) in [7, 11) is -2.29. The number of nitrogens with one attached hydrogen (secondary N) is 1. The molecule has 0 bridgehead atoms. The molecule has 7 nitrogen and oxygen atoms in total. The number of rotatable bonds is 5. The van der Waals surface area contributed by atoms with E-state index in [1.165, 1.54) is 29.8 Å². The Morgan fingerprint density at radius 1 is 1.21 bits per heavy atom. The minimum atomic E-state index is -3.81. The van der Waals surface area contributed by atoms with Gasteiger partial charge in [-0.05, 0) is 60.5 Å². The number of carbonyl (C=O) groups is 1. The van der Waals surface area contributed by atoms with Gasteiger partial charge in [-0.25, -0.2) is 8.42 Å².